The standard InChI is InChI=1S/C29H26O11/c1-13(30)36-20-11-7-9-18-22(20)24-25(29(35-6)27(18)39-16(4)33)28(40-17(5)34)23-19(26(24)38-15(3)32)10-8-12-21(23)37-14(2)31/h7-12,27,29H,1-6H3/t27-,29-/m1/s1. The first-order chi connectivity index (χ1) is 18.9. The summed E-state index contributed by atoms with van der Waals surface area (Å²) in [5.41, 5.74) is 0.961. The van der Waals surface area contributed by atoms with E-state index in [1.807, 2.05) is 0 Å². The Labute approximate surface area is 228 Å². The topological polar surface area (TPSA) is 141 Å². The lowest BCUT2D eigenvalue weighted by atomic mass is 9.78. The molecule has 0 amide bonds. The van der Waals surface area contributed by atoms with Crippen molar-refractivity contribution in [3.8, 4) is 34.1 Å². The number of carbonyl (C=O) groups is 5. The number of carbonyl (C=O) groups excluding carboxylic acids is 5. The van der Waals surface area contributed by atoms with Crippen molar-refractivity contribution >= 4 is 40.6 Å². The van der Waals surface area contributed by atoms with E-state index in [9.17, 15) is 24.0 Å². The van der Waals surface area contributed by atoms with Gasteiger partial charge in [0.2, 0.25) is 0 Å². The Morgan fingerprint density at radius 3 is 1.73 bits per heavy atom. The summed E-state index contributed by atoms with van der Waals surface area (Å²) in [5.74, 6) is -3.37. The summed E-state index contributed by atoms with van der Waals surface area (Å²) in [6.07, 6.45) is -2.23. The molecule has 208 valence electrons. The van der Waals surface area contributed by atoms with Gasteiger partial charge in [0.05, 0.1) is 5.39 Å². The first-order valence-corrected chi connectivity index (χ1v) is 12.1. The van der Waals surface area contributed by atoms with E-state index in [0.29, 0.717) is 5.56 Å². The summed E-state index contributed by atoms with van der Waals surface area (Å²) in [4.78, 5) is 61.2. The predicted octanol–water partition coefficient (Wildman–Crippen LogP) is 4.51. The fourth-order valence-corrected chi connectivity index (χ4v) is 4.87. The SMILES string of the molecule is CO[C@@H]1c2c(c(OC(C)=O)c3cccc(OC(C)=O)c3c2OC(C)=O)-c2c(OC(C)=O)cccc2[C@H]1OC(C)=O. The zero-order valence-corrected chi connectivity index (χ0v) is 22.6. The number of hydrogen-bond acceptors (Lipinski definition) is 11. The molecule has 40 heavy (non-hydrogen) atoms. The Balaban J connectivity index is 2.31. The lowest BCUT2D eigenvalue weighted by Crippen LogP contribution is -2.26. The van der Waals surface area contributed by atoms with Gasteiger partial charge in [0, 0.05) is 69.4 Å². The second-order valence-corrected chi connectivity index (χ2v) is 8.91. The molecule has 0 spiro atoms. The van der Waals surface area contributed by atoms with Crippen LogP contribution in [-0.4, -0.2) is 37.0 Å². The van der Waals surface area contributed by atoms with Crippen LogP contribution in [0.5, 0.6) is 23.0 Å². The average molecular weight is 551 g/mol. The molecule has 0 radical (unpaired) electrons. The number of ether oxygens (including phenoxy) is 6. The highest BCUT2D eigenvalue weighted by atomic mass is 16.6. The quantitative estimate of drug-likeness (QED) is 0.316. The van der Waals surface area contributed by atoms with E-state index in [4.69, 9.17) is 28.4 Å². The lowest BCUT2D eigenvalue weighted by molar-refractivity contribution is -0.155. The van der Waals surface area contributed by atoms with Gasteiger partial charge in [0.1, 0.15) is 29.1 Å². The summed E-state index contributed by atoms with van der Waals surface area (Å²) in [6, 6.07) is 9.39. The van der Waals surface area contributed by atoms with Gasteiger partial charge in [-0.2, -0.15) is 0 Å². The number of methoxy groups -OCH3 is 1. The van der Waals surface area contributed by atoms with Crippen LogP contribution in [0.1, 0.15) is 58.0 Å². The molecule has 11 heteroatoms. The fourth-order valence-electron chi connectivity index (χ4n) is 4.87. The molecular formula is C29H26O11. The molecule has 3 aromatic rings. The van der Waals surface area contributed by atoms with E-state index in [0.717, 1.165) is 0 Å². The van der Waals surface area contributed by atoms with Crippen LogP contribution in [0.4, 0.5) is 0 Å². The number of esters is 5. The Hall–Kier alpha value is -4.77. The lowest BCUT2D eigenvalue weighted by Gasteiger charge is -2.36. The number of hydrogen-bond donors (Lipinski definition) is 0. The van der Waals surface area contributed by atoms with Gasteiger partial charge in [-0.1, -0.05) is 24.3 Å². The minimum Gasteiger partial charge on any atom is -0.454 e. The predicted molar refractivity (Wildman–Crippen MR) is 139 cm³/mol. The van der Waals surface area contributed by atoms with Crippen LogP contribution in [-0.2, 0) is 33.4 Å². The molecule has 1 aliphatic carbocycles. The fraction of sp³-hybridized carbons (Fsp3) is 0.276. The maximum atomic E-state index is 12.4. The largest absolute Gasteiger partial charge is 0.454 e. The highest BCUT2D eigenvalue weighted by molar-refractivity contribution is 6.08. The smallest absolute Gasteiger partial charge is 0.308 e. The van der Waals surface area contributed by atoms with Crippen molar-refractivity contribution in [3.63, 3.8) is 0 Å². The van der Waals surface area contributed by atoms with Crippen LogP contribution >= 0.6 is 0 Å². The molecule has 0 saturated carbocycles. The van der Waals surface area contributed by atoms with Gasteiger partial charge in [-0.25, -0.2) is 0 Å². The molecule has 2 atom stereocenters. The van der Waals surface area contributed by atoms with Crippen LogP contribution in [0.25, 0.3) is 21.9 Å². The van der Waals surface area contributed by atoms with Crippen LogP contribution in [0.2, 0.25) is 0 Å². The zero-order chi connectivity index (χ0) is 29.3. The molecule has 4 rings (SSSR count). The monoisotopic (exact) mass is 550 g/mol. The van der Waals surface area contributed by atoms with E-state index in [-0.39, 0.29) is 50.5 Å². The van der Waals surface area contributed by atoms with E-state index in [1.54, 1.807) is 24.3 Å². The Bertz CT molecular complexity index is 1570. The molecule has 0 aromatic heterocycles. The third-order valence-corrected chi connectivity index (χ3v) is 5.96. The van der Waals surface area contributed by atoms with Gasteiger partial charge in [0.15, 0.2) is 6.10 Å². The van der Waals surface area contributed by atoms with Gasteiger partial charge in [-0.05, 0) is 12.1 Å². The van der Waals surface area contributed by atoms with Crippen molar-refractivity contribution in [1.82, 2.24) is 0 Å². The van der Waals surface area contributed by atoms with Gasteiger partial charge in [-0.3, -0.25) is 24.0 Å². The summed E-state index contributed by atoms with van der Waals surface area (Å²) >= 11 is 0. The van der Waals surface area contributed by atoms with Crippen molar-refractivity contribution in [1.29, 1.82) is 0 Å². The van der Waals surface area contributed by atoms with Gasteiger partial charge in [-0.15, -0.1) is 0 Å². The first-order valence-electron chi connectivity index (χ1n) is 12.1. The highest BCUT2D eigenvalue weighted by Crippen LogP contribution is 2.60. The summed E-state index contributed by atoms with van der Waals surface area (Å²) in [7, 11) is 1.36. The van der Waals surface area contributed by atoms with Crippen LogP contribution in [0, 0.1) is 0 Å². The molecular weight excluding hydrogens is 524 g/mol. The zero-order valence-electron chi connectivity index (χ0n) is 22.6. The van der Waals surface area contributed by atoms with Crippen molar-refractivity contribution in [2.45, 2.75) is 46.8 Å². The number of fused-ring (bicyclic) bond motifs is 4. The molecule has 0 bridgehead atoms. The number of benzene rings is 3. The molecule has 0 fully saturated rings. The van der Waals surface area contributed by atoms with Crippen LogP contribution in [0.15, 0.2) is 36.4 Å². The first kappa shape index (κ1) is 28.2. The summed E-state index contributed by atoms with van der Waals surface area (Å²) in [6.45, 7) is 6.01. The normalized spacial score (nSPS) is 15.3. The third-order valence-electron chi connectivity index (χ3n) is 5.96. The van der Waals surface area contributed by atoms with Crippen molar-refractivity contribution in [2.24, 2.45) is 0 Å². The molecule has 0 aliphatic heterocycles. The van der Waals surface area contributed by atoms with E-state index >= 15 is 0 Å². The van der Waals surface area contributed by atoms with Crippen LogP contribution < -0.4 is 18.9 Å². The Morgan fingerprint density at radius 2 is 1.15 bits per heavy atom. The minimum atomic E-state index is -1.11. The Morgan fingerprint density at radius 1 is 0.600 bits per heavy atom. The van der Waals surface area contributed by atoms with Gasteiger partial charge >= 0.3 is 29.8 Å². The molecule has 11 nitrogen and oxygen atoms in total. The average Bonchev–Trinajstić information content (AvgIpc) is 2.84. The molecule has 0 N–H and O–H groups in total. The number of rotatable bonds is 6. The molecule has 1 aliphatic rings. The van der Waals surface area contributed by atoms with Gasteiger partial charge < -0.3 is 28.4 Å². The summed E-state index contributed by atoms with van der Waals surface area (Å²) < 4.78 is 34.0. The van der Waals surface area contributed by atoms with Crippen LogP contribution in [0.3, 0.4) is 0 Å². The summed E-state index contributed by atoms with van der Waals surface area (Å²) in [5, 5.41) is 0.369. The molecule has 0 unspecified atom stereocenters. The minimum absolute atomic E-state index is 0.00780. The van der Waals surface area contributed by atoms with Gasteiger partial charge in [0.25, 0.3) is 0 Å². The molecule has 0 heterocycles. The van der Waals surface area contributed by atoms with E-state index < -0.39 is 42.1 Å². The van der Waals surface area contributed by atoms with E-state index in [1.165, 1.54) is 53.9 Å². The third kappa shape index (κ3) is 5.23. The van der Waals surface area contributed by atoms with Crippen molar-refractivity contribution < 1.29 is 52.4 Å². The second kappa shape index (κ2) is 11.1. The van der Waals surface area contributed by atoms with E-state index in [2.05, 4.69) is 0 Å². The highest BCUT2D eigenvalue weighted by Gasteiger charge is 2.44. The maximum absolute atomic E-state index is 12.4. The maximum Gasteiger partial charge on any atom is 0.308 e. The van der Waals surface area contributed by atoms with Crippen molar-refractivity contribution in [3.05, 3.63) is 47.5 Å². The van der Waals surface area contributed by atoms with Crippen molar-refractivity contribution in [2.75, 3.05) is 7.11 Å². The molecule has 0 saturated heterocycles. The second-order valence-electron chi connectivity index (χ2n) is 8.91. The Kier molecular flexibility index (Phi) is 7.87. The molecule has 3 aromatic carbocycles.